The van der Waals surface area contributed by atoms with Crippen LogP contribution in [0.3, 0.4) is 0 Å². The minimum atomic E-state index is -0.101. The molecule has 2 saturated heterocycles. The molecule has 0 radical (unpaired) electrons. The van der Waals surface area contributed by atoms with Crippen molar-refractivity contribution in [2.24, 2.45) is 0 Å². The fourth-order valence-corrected chi connectivity index (χ4v) is 5.48. The number of anilines is 3. The van der Waals surface area contributed by atoms with E-state index in [4.69, 9.17) is 4.42 Å². The number of amides is 2. The molecule has 2 fully saturated rings. The summed E-state index contributed by atoms with van der Waals surface area (Å²) >= 11 is 0. The molecule has 1 aromatic heterocycles. The van der Waals surface area contributed by atoms with Crippen LogP contribution in [0, 0.1) is 13.8 Å². The molecule has 3 aromatic rings. The van der Waals surface area contributed by atoms with Crippen LogP contribution in [0.2, 0.25) is 0 Å². The van der Waals surface area contributed by atoms with Gasteiger partial charge in [0.25, 0.3) is 5.91 Å². The van der Waals surface area contributed by atoms with Crippen molar-refractivity contribution in [3.05, 3.63) is 77.2 Å². The van der Waals surface area contributed by atoms with Gasteiger partial charge in [-0.1, -0.05) is 18.2 Å². The van der Waals surface area contributed by atoms with Crippen molar-refractivity contribution >= 4 is 28.9 Å². The van der Waals surface area contributed by atoms with E-state index in [1.165, 1.54) is 11.3 Å². The van der Waals surface area contributed by atoms with E-state index in [9.17, 15) is 9.59 Å². The van der Waals surface area contributed by atoms with Gasteiger partial charge in [-0.05, 0) is 68.7 Å². The van der Waals surface area contributed by atoms with Gasteiger partial charge in [-0.3, -0.25) is 9.59 Å². The van der Waals surface area contributed by atoms with Crippen LogP contribution < -0.4 is 20.4 Å². The number of aryl methyl sites for hydroxylation is 2. The number of piperazine rings is 1. The minimum absolute atomic E-state index is 0.101. The number of nitrogens with one attached hydrogen (secondary N) is 2. The normalized spacial score (nSPS) is 15.6. The molecule has 2 amide bonds. The molecule has 3 heterocycles. The van der Waals surface area contributed by atoms with Crippen molar-refractivity contribution in [1.29, 1.82) is 0 Å². The SMILES string of the molecule is Cc1ccc(CNc2cc(C(=O)NCCCN3CCCC3=O)ccc2N2CCN(c3ccccc3C)CC2)o1. The lowest BCUT2D eigenvalue weighted by atomic mass is 10.1. The number of rotatable bonds is 10. The Morgan fingerprint density at radius 3 is 2.38 bits per heavy atom. The summed E-state index contributed by atoms with van der Waals surface area (Å²) < 4.78 is 5.77. The number of carbonyl (C=O) groups excluding carboxylic acids is 2. The molecule has 2 aliphatic rings. The van der Waals surface area contributed by atoms with Crippen molar-refractivity contribution in [3.63, 3.8) is 0 Å². The molecule has 8 nitrogen and oxygen atoms in total. The number of furan rings is 1. The fourth-order valence-electron chi connectivity index (χ4n) is 5.48. The zero-order chi connectivity index (χ0) is 27.2. The Morgan fingerprint density at radius 2 is 1.69 bits per heavy atom. The predicted molar refractivity (Wildman–Crippen MR) is 156 cm³/mol. The molecule has 8 heteroatoms. The highest BCUT2D eigenvalue weighted by atomic mass is 16.3. The standard InChI is InChI=1S/C31H39N5O3/c1-23-7-3-4-8-28(23)34-17-19-35(20-18-34)29-13-11-25(21-27(29)33-22-26-12-10-24(2)39-26)31(38)32-14-6-16-36-15-5-9-30(36)37/h3-4,7-8,10-13,21,33H,5-6,9,14-20,22H2,1-2H3,(H,32,38). The predicted octanol–water partition coefficient (Wildman–Crippen LogP) is 4.58. The maximum absolute atomic E-state index is 13.0. The van der Waals surface area contributed by atoms with Crippen LogP contribution in [0.25, 0.3) is 0 Å². The molecule has 0 aliphatic carbocycles. The number of nitrogens with zero attached hydrogens (tertiary/aromatic N) is 3. The fraction of sp³-hybridized carbons (Fsp3) is 0.419. The monoisotopic (exact) mass is 529 g/mol. The van der Waals surface area contributed by atoms with Gasteiger partial charge in [0.05, 0.1) is 17.9 Å². The van der Waals surface area contributed by atoms with Crippen molar-refractivity contribution < 1.29 is 14.0 Å². The van der Waals surface area contributed by atoms with Gasteiger partial charge in [0.1, 0.15) is 11.5 Å². The molecule has 2 N–H and O–H groups in total. The Morgan fingerprint density at radius 1 is 0.923 bits per heavy atom. The lowest BCUT2D eigenvalue weighted by Crippen LogP contribution is -2.47. The molecular formula is C31H39N5O3. The maximum Gasteiger partial charge on any atom is 0.251 e. The molecule has 5 rings (SSSR count). The molecule has 39 heavy (non-hydrogen) atoms. The van der Waals surface area contributed by atoms with Gasteiger partial charge >= 0.3 is 0 Å². The number of benzene rings is 2. The number of carbonyl (C=O) groups is 2. The average molecular weight is 530 g/mol. The maximum atomic E-state index is 13.0. The molecular weight excluding hydrogens is 490 g/mol. The number of para-hydroxylation sites is 1. The summed E-state index contributed by atoms with van der Waals surface area (Å²) in [5.74, 6) is 1.85. The Labute approximate surface area is 231 Å². The Hall–Kier alpha value is -3.94. The van der Waals surface area contributed by atoms with E-state index in [0.717, 1.165) is 68.5 Å². The van der Waals surface area contributed by atoms with Crippen molar-refractivity contribution in [1.82, 2.24) is 10.2 Å². The molecule has 2 aromatic carbocycles. The van der Waals surface area contributed by atoms with E-state index >= 15 is 0 Å². The van der Waals surface area contributed by atoms with Crippen LogP contribution in [-0.2, 0) is 11.3 Å². The van der Waals surface area contributed by atoms with Crippen molar-refractivity contribution in [2.45, 2.75) is 39.7 Å². The summed E-state index contributed by atoms with van der Waals surface area (Å²) in [6, 6.07) is 18.4. The van der Waals surface area contributed by atoms with Gasteiger partial charge in [0.2, 0.25) is 5.91 Å². The molecule has 206 valence electrons. The Bertz CT molecular complexity index is 1290. The first-order valence-electron chi connectivity index (χ1n) is 14.0. The van der Waals surface area contributed by atoms with Crippen LogP contribution in [0.15, 0.2) is 59.0 Å². The molecule has 0 atom stereocenters. The van der Waals surface area contributed by atoms with Gasteiger partial charge in [-0.15, -0.1) is 0 Å². The molecule has 0 saturated carbocycles. The van der Waals surface area contributed by atoms with Gasteiger partial charge < -0.3 is 29.8 Å². The second-order valence-electron chi connectivity index (χ2n) is 10.5. The highest BCUT2D eigenvalue weighted by Crippen LogP contribution is 2.30. The summed E-state index contributed by atoms with van der Waals surface area (Å²) in [5, 5.41) is 6.55. The van der Waals surface area contributed by atoms with E-state index < -0.39 is 0 Å². The summed E-state index contributed by atoms with van der Waals surface area (Å²) in [6.07, 6.45) is 2.34. The number of hydrogen-bond acceptors (Lipinski definition) is 6. The largest absolute Gasteiger partial charge is 0.465 e. The van der Waals surface area contributed by atoms with Gasteiger partial charge in [0.15, 0.2) is 0 Å². The zero-order valence-electron chi connectivity index (χ0n) is 23.0. The van der Waals surface area contributed by atoms with Gasteiger partial charge in [-0.25, -0.2) is 0 Å². The summed E-state index contributed by atoms with van der Waals surface area (Å²) in [4.78, 5) is 31.5. The average Bonchev–Trinajstić information content (AvgIpc) is 3.57. The third kappa shape index (κ3) is 6.56. The molecule has 0 unspecified atom stereocenters. The van der Waals surface area contributed by atoms with Crippen LogP contribution in [0.4, 0.5) is 17.1 Å². The van der Waals surface area contributed by atoms with E-state index in [2.05, 4.69) is 57.7 Å². The smallest absolute Gasteiger partial charge is 0.251 e. The van der Waals surface area contributed by atoms with E-state index in [-0.39, 0.29) is 11.8 Å². The minimum Gasteiger partial charge on any atom is -0.465 e. The van der Waals surface area contributed by atoms with Crippen LogP contribution in [0.1, 0.15) is 46.7 Å². The van der Waals surface area contributed by atoms with E-state index in [0.29, 0.717) is 31.6 Å². The number of hydrogen-bond donors (Lipinski definition) is 2. The first kappa shape index (κ1) is 26.7. The quantitative estimate of drug-likeness (QED) is 0.375. The topological polar surface area (TPSA) is 81.1 Å². The van der Waals surface area contributed by atoms with Crippen LogP contribution >= 0.6 is 0 Å². The van der Waals surface area contributed by atoms with E-state index in [1.807, 2.05) is 36.1 Å². The highest BCUT2D eigenvalue weighted by molar-refractivity contribution is 5.96. The summed E-state index contributed by atoms with van der Waals surface area (Å²) in [6.45, 7) is 10.4. The molecule has 0 bridgehead atoms. The van der Waals surface area contributed by atoms with Gasteiger partial charge in [0, 0.05) is 63.5 Å². The summed E-state index contributed by atoms with van der Waals surface area (Å²) in [7, 11) is 0. The second kappa shape index (κ2) is 12.3. The van der Waals surface area contributed by atoms with Crippen LogP contribution in [-0.4, -0.2) is 62.5 Å². The lowest BCUT2D eigenvalue weighted by molar-refractivity contribution is -0.127. The molecule has 0 spiro atoms. The lowest BCUT2D eigenvalue weighted by Gasteiger charge is -2.38. The third-order valence-corrected chi connectivity index (χ3v) is 7.65. The zero-order valence-corrected chi connectivity index (χ0v) is 23.0. The third-order valence-electron chi connectivity index (χ3n) is 7.65. The number of likely N-dealkylation sites (tertiary alicyclic amines) is 1. The van der Waals surface area contributed by atoms with Crippen molar-refractivity contribution in [3.8, 4) is 0 Å². The van der Waals surface area contributed by atoms with Crippen molar-refractivity contribution in [2.75, 3.05) is 60.9 Å². The second-order valence-corrected chi connectivity index (χ2v) is 10.5. The van der Waals surface area contributed by atoms with E-state index in [1.54, 1.807) is 0 Å². The first-order chi connectivity index (χ1) is 19.0. The molecule has 2 aliphatic heterocycles. The van der Waals surface area contributed by atoms with Crippen LogP contribution in [0.5, 0.6) is 0 Å². The Kier molecular flexibility index (Phi) is 8.39. The highest BCUT2D eigenvalue weighted by Gasteiger charge is 2.22. The first-order valence-corrected chi connectivity index (χ1v) is 14.0. The Balaban J connectivity index is 1.25. The summed E-state index contributed by atoms with van der Waals surface area (Å²) in [5.41, 5.74) is 5.22. The van der Waals surface area contributed by atoms with Gasteiger partial charge in [-0.2, -0.15) is 0 Å².